The van der Waals surface area contributed by atoms with Crippen LogP contribution in [0.1, 0.15) is 26.7 Å². The Labute approximate surface area is 113 Å². The Balaban J connectivity index is 2.62. The number of hydrogen-bond acceptors (Lipinski definition) is 4. The number of ether oxygens (including phenoxy) is 1. The highest BCUT2D eigenvalue weighted by Crippen LogP contribution is 2.17. The summed E-state index contributed by atoms with van der Waals surface area (Å²) in [5.74, 6) is -0.336. The van der Waals surface area contributed by atoms with Crippen molar-refractivity contribution in [2.75, 3.05) is 20.2 Å². The first-order valence-corrected chi connectivity index (χ1v) is 6.50. The SMILES string of the molecule is COC(=O)CCC(=O)N1C/C=C\C(=O)[C@H](C)[C@@H](C)C1. The van der Waals surface area contributed by atoms with Gasteiger partial charge in [-0.1, -0.05) is 19.9 Å². The molecule has 0 radical (unpaired) electrons. The fourth-order valence-corrected chi connectivity index (χ4v) is 1.98. The molecular weight excluding hydrogens is 246 g/mol. The minimum absolute atomic E-state index is 0.0801. The van der Waals surface area contributed by atoms with Gasteiger partial charge in [-0.05, 0) is 12.0 Å². The van der Waals surface area contributed by atoms with Crippen LogP contribution in [0.15, 0.2) is 12.2 Å². The van der Waals surface area contributed by atoms with Crippen molar-refractivity contribution < 1.29 is 19.1 Å². The summed E-state index contributed by atoms with van der Waals surface area (Å²) in [5.41, 5.74) is 0. The summed E-state index contributed by atoms with van der Waals surface area (Å²) in [6.07, 6.45) is 3.50. The lowest BCUT2D eigenvalue weighted by molar-refractivity contribution is -0.143. The maximum Gasteiger partial charge on any atom is 0.306 e. The molecule has 0 aliphatic carbocycles. The molecule has 0 bridgehead atoms. The van der Waals surface area contributed by atoms with Gasteiger partial charge in [0.15, 0.2) is 5.78 Å². The molecule has 5 nitrogen and oxygen atoms in total. The van der Waals surface area contributed by atoms with Gasteiger partial charge in [-0.3, -0.25) is 14.4 Å². The van der Waals surface area contributed by atoms with Crippen molar-refractivity contribution >= 4 is 17.7 Å². The van der Waals surface area contributed by atoms with Gasteiger partial charge in [-0.2, -0.15) is 0 Å². The van der Waals surface area contributed by atoms with Crippen molar-refractivity contribution in [3.8, 4) is 0 Å². The summed E-state index contributed by atoms with van der Waals surface area (Å²) in [7, 11) is 1.31. The Morgan fingerprint density at radius 1 is 1.37 bits per heavy atom. The fourth-order valence-electron chi connectivity index (χ4n) is 1.98. The number of carbonyl (C=O) groups excluding carboxylic acids is 3. The van der Waals surface area contributed by atoms with E-state index in [1.54, 1.807) is 17.1 Å². The quantitative estimate of drug-likeness (QED) is 0.720. The zero-order chi connectivity index (χ0) is 14.4. The summed E-state index contributed by atoms with van der Waals surface area (Å²) in [6.45, 7) is 4.79. The highest BCUT2D eigenvalue weighted by Gasteiger charge is 2.24. The van der Waals surface area contributed by atoms with Crippen LogP contribution in [0, 0.1) is 11.8 Å². The summed E-state index contributed by atoms with van der Waals surface area (Å²) >= 11 is 0. The van der Waals surface area contributed by atoms with Gasteiger partial charge < -0.3 is 9.64 Å². The van der Waals surface area contributed by atoms with E-state index in [9.17, 15) is 14.4 Å². The third-order valence-electron chi connectivity index (χ3n) is 3.54. The number of rotatable bonds is 3. The molecular formula is C14H21NO4. The van der Waals surface area contributed by atoms with Gasteiger partial charge in [0, 0.05) is 25.4 Å². The van der Waals surface area contributed by atoms with E-state index < -0.39 is 0 Å². The van der Waals surface area contributed by atoms with E-state index in [0.717, 1.165) is 0 Å². The molecule has 1 amide bonds. The second kappa shape index (κ2) is 7.07. The third-order valence-corrected chi connectivity index (χ3v) is 3.54. The van der Waals surface area contributed by atoms with Gasteiger partial charge in [-0.25, -0.2) is 0 Å². The molecule has 19 heavy (non-hydrogen) atoms. The van der Waals surface area contributed by atoms with Crippen LogP contribution >= 0.6 is 0 Å². The van der Waals surface area contributed by atoms with E-state index >= 15 is 0 Å². The lowest BCUT2D eigenvalue weighted by Gasteiger charge is -2.29. The smallest absolute Gasteiger partial charge is 0.306 e. The summed E-state index contributed by atoms with van der Waals surface area (Å²) in [4.78, 5) is 36.4. The molecule has 1 rings (SSSR count). The number of methoxy groups -OCH3 is 1. The highest BCUT2D eigenvalue weighted by molar-refractivity contribution is 5.92. The Morgan fingerprint density at radius 2 is 2.05 bits per heavy atom. The van der Waals surface area contributed by atoms with Gasteiger partial charge >= 0.3 is 5.97 Å². The largest absolute Gasteiger partial charge is 0.469 e. The monoisotopic (exact) mass is 267 g/mol. The lowest BCUT2D eigenvalue weighted by atomic mass is 9.90. The van der Waals surface area contributed by atoms with Crippen molar-refractivity contribution in [2.24, 2.45) is 11.8 Å². The van der Waals surface area contributed by atoms with Crippen molar-refractivity contribution in [3.63, 3.8) is 0 Å². The normalized spacial score (nSPS) is 25.4. The zero-order valence-electron chi connectivity index (χ0n) is 11.7. The molecule has 0 spiro atoms. The number of amides is 1. The Hall–Kier alpha value is -1.65. The molecule has 0 aromatic rings. The maximum atomic E-state index is 12.0. The maximum absolute atomic E-state index is 12.0. The van der Waals surface area contributed by atoms with Crippen LogP contribution in [0.2, 0.25) is 0 Å². The summed E-state index contributed by atoms with van der Waals surface area (Å²) < 4.78 is 4.52. The van der Waals surface area contributed by atoms with Crippen LogP contribution in [-0.2, 0) is 19.1 Å². The van der Waals surface area contributed by atoms with Crippen LogP contribution in [0.3, 0.4) is 0 Å². The minimum Gasteiger partial charge on any atom is -0.469 e. The number of ketones is 1. The van der Waals surface area contributed by atoms with E-state index in [2.05, 4.69) is 4.74 Å². The van der Waals surface area contributed by atoms with E-state index in [4.69, 9.17) is 0 Å². The van der Waals surface area contributed by atoms with Crippen molar-refractivity contribution in [3.05, 3.63) is 12.2 Å². The first kappa shape index (κ1) is 15.4. The predicted octanol–water partition coefficient (Wildman–Crippen LogP) is 1.18. The summed E-state index contributed by atoms with van der Waals surface area (Å²) in [6, 6.07) is 0. The molecule has 0 aromatic heterocycles. The van der Waals surface area contributed by atoms with Gasteiger partial charge in [0.2, 0.25) is 5.91 Å². The topological polar surface area (TPSA) is 63.7 Å². The molecule has 0 aromatic carbocycles. The van der Waals surface area contributed by atoms with E-state index in [-0.39, 0.29) is 42.3 Å². The lowest BCUT2D eigenvalue weighted by Crippen LogP contribution is -2.39. The van der Waals surface area contributed by atoms with Crippen LogP contribution in [-0.4, -0.2) is 42.8 Å². The molecule has 1 heterocycles. The Bertz CT molecular complexity index is 389. The van der Waals surface area contributed by atoms with Gasteiger partial charge in [0.1, 0.15) is 0 Å². The van der Waals surface area contributed by atoms with Gasteiger partial charge in [0.05, 0.1) is 13.5 Å². The average Bonchev–Trinajstić information content (AvgIpc) is 2.40. The third kappa shape index (κ3) is 4.50. The van der Waals surface area contributed by atoms with Crippen LogP contribution in [0.25, 0.3) is 0 Å². The molecule has 5 heteroatoms. The molecule has 1 aliphatic rings. The number of allylic oxidation sites excluding steroid dienone is 1. The molecule has 2 atom stereocenters. The minimum atomic E-state index is -0.382. The van der Waals surface area contributed by atoms with Crippen molar-refractivity contribution in [2.45, 2.75) is 26.7 Å². The zero-order valence-corrected chi connectivity index (χ0v) is 11.7. The van der Waals surface area contributed by atoms with Crippen molar-refractivity contribution in [1.82, 2.24) is 4.90 Å². The number of hydrogen-bond donors (Lipinski definition) is 0. The van der Waals surface area contributed by atoms with Crippen molar-refractivity contribution in [1.29, 1.82) is 0 Å². The predicted molar refractivity (Wildman–Crippen MR) is 70.3 cm³/mol. The number of nitrogens with zero attached hydrogens (tertiary/aromatic N) is 1. The average molecular weight is 267 g/mol. The fraction of sp³-hybridized carbons (Fsp3) is 0.643. The standard InChI is InChI=1S/C14H21NO4/c1-10-9-15(8-4-5-12(16)11(10)2)13(17)6-7-14(18)19-3/h4-5,10-11H,6-9H2,1-3H3/b5-4-/t10-,11+/m0/s1. The van der Waals surface area contributed by atoms with E-state index in [1.807, 2.05) is 13.8 Å². The van der Waals surface area contributed by atoms with Gasteiger partial charge in [-0.15, -0.1) is 0 Å². The van der Waals surface area contributed by atoms with Crippen LogP contribution in [0.5, 0.6) is 0 Å². The number of carbonyl (C=O) groups is 3. The first-order chi connectivity index (χ1) is 8.95. The van der Waals surface area contributed by atoms with Crippen LogP contribution < -0.4 is 0 Å². The molecule has 0 unspecified atom stereocenters. The molecule has 1 aliphatic heterocycles. The Morgan fingerprint density at radius 3 is 2.68 bits per heavy atom. The molecule has 0 saturated carbocycles. The summed E-state index contributed by atoms with van der Waals surface area (Å²) in [5, 5.41) is 0. The van der Waals surface area contributed by atoms with E-state index in [1.165, 1.54) is 7.11 Å². The van der Waals surface area contributed by atoms with Gasteiger partial charge in [0.25, 0.3) is 0 Å². The van der Waals surface area contributed by atoms with E-state index in [0.29, 0.717) is 13.1 Å². The Kier molecular flexibility index (Phi) is 5.73. The first-order valence-electron chi connectivity index (χ1n) is 6.50. The second-order valence-corrected chi connectivity index (χ2v) is 4.95. The second-order valence-electron chi connectivity index (χ2n) is 4.95. The molecule has 0 fully saturated rings. The molecule has 0 N–H and O–H groups in total. The highest BCUT2D eigenvalue weighted by atomic mass is 16.5. The number of esters is 1. The molecule has 106 valence electrons. The van der Waals surface area contributed by atoms with Crippen LogP contribution in [0.4, 0.5) is 0 Å². The molecule has 0 saturated heterocycles.